The number of rotatable bonds is 5. The van der Waals surface area contributed by atoms with Gasteiger partial charge in [0.1, 0.15) is 0 Å². The van der Waals surface area contributed by atoms with E-state index in [0.29, 0.717) is 24.2 Å². The van der Waals surface area contributed by atoms with Crippen molar-refractivity contribution in [3.8, 4) is 0 Å². The van der Waals surface area contributed by atoms with E-state index in [-0.39, 0.29) is 0 Å². The van der Waals surface area contributed by atoms with Crippen molar-refractivity contribution in [2.75, 3.05) is 7.05 Å². The van der Waals surface area contributed by atoms with Crippen LogP contribution in [0.3, 0.4) is 0 Å². The van der Waals surface area contributed by atoms with E-state index in [2.05, 4.69) is 57.0 Å². The number of hydrogen-bond donors (Lipinski definition) is 2. The van der Waals surface area contributed by atoms with Gasteiger partial charge in [-0.05, 0) is 17.5 Å². The lowest BCUT2D eigenvalue weighted by Gasteiger charge is -2.12. The molecule has 1 aromatic carbocycles. The molecule has 1 heterocycles. The van der Waals surface area contributed by atoms with E-state index in [9.17, 15) is 0 Å². The van der Waals surface area contributed by atoms with Gasteiger partial charge in [-0.15, -0.1) is 0 Å². The second kappa shape index (κ2) is 7.42. The lowest BCUT2D eigenvalue weighted by Crippen LogP contribution is -2.36. The van der Waals surface area contributed by atoms with Crippen LogP contribution in [0.2, 0.25) is 0 Å². The fourth-order valence-corrected chi connectivity index (χ4v) is 2.05. The summed E-state index contributed by atoms with van der Waals surface area (Å²) in [4.78, 5) is 8.33. The van der Waals surface area contributed by atoms with E-state index in [1.807, 2.05) is 0 Å². The first kappa shape index (κ1) is 15.0. The van der Waals surface area contributed by atoms with E-state index in [4.69, 9.17) is 4.52 Å². The summed E-state index contributed by atoms with van der Waals surface area (Å²) in [7, 11) is 1.74. The SMILES string of the molecule is CCc1ccccc1CNC(=NC)NCc1noc(C)n1. The molecule has 0 saturated heterocycles. The van der Waals surface area contributed by atoms with Crippen LogP contribution in [-0.4, -0.2) is 23.1 Å². The Labute approximate surface area is 124 Å². The summed E-state index contributed by atoms with van der Waals surface area (Å²) in [5.41, 5.74) is 2.62. The quantitative estimate of drug-likeness (QED) is 0.648. The Hall–Kier alpha value is -2.37. The van der Waals surface area contributed by atoms with Crippen LogP contribution < -0.4 is 10.6 Å². The van der Waals surface area contributed by atoms with Gasteiger partial charge in [-0.2, -0.15) is 4.98 Å². The first-order valence-corrected chi connectivity index (χ1v) is 7.03. The zero-order chi connectivity index (χ0) is 15.1. The van der Waals surface area contributed by atoms with Crippen LogP contribution in [-0.2, 0) is 19.5 Å². The highest BCUT2D eigenvalue weighted by Gasteiger charge is 2.05. The normalized spacial score (nSPS) is 11.5. The molecule has 0 bridgehead atoms. The fourth-order valence-electron chi connectivity index (χ4n) is 2.05. The minimum absolute atomic E-state index is 0.479. The molecule has 0 amide bonds. The molecule has 0 saturated carbocycles. The van der Waals surface area contributed by atoms with Gasteiger partial charge in [0.2, 0.25) is 5.89 Å². The highest BCUT2D eigenvalue weighted by Crippen LogP contribution is 2.08. The molecular weight excluding hydrogens is 266 g/mol. The van der Waals surface area contributed by atoms with Crippen LogP contribution >= 0.6 is 0 Å². The molecule has 0 aliphatic rings. The predicted molar refractivity (Wildman–Crippen MR) is 81.9 cm³/mol. The van der Waals surface area contributed by atoms with Crippen LogP contribution in [0.25, 0.3) is 0 Å². The predicted octanol–water partition coefficient (Wildman–Crippen LogP) is 1.81. The van der Waals surface area contributed by atoms with Crippen LogP contribution in [0.5, 0.6) is 0 Å². The van der Waals surface area contributed by atoms with Crippen LogP contribution in [0.4, 0.5) is 0 Å². The van der Waals surface area contributed by atoms with Crippen molar-refractivity contribution in [3.05, 3.63) is 47.1 Å². The summed E-state index contributed by atoms with van der Waals surface area (Å²) >= 11 is 0. The van der Waals surface area contributed by atoms with Gasteiger partial charge in [-0.1, -0.05) is 36.3 Å². The molecule has 21 heavy (non-hydrogen) atoms. The molecule has 2 N–H and O–H groups in total. The lowest BCUT2D eigenvalue weighted by molar-refractivity contribution is 0.387. The van der Waals surface area contributed by atoms with E-state index < -0.39 is 0 Å². The minimum atomic E-state index is 0.479. The van der Waals surface area contributed by atoms with E-state index in [0.717, 1.165) is 13.0 Å². The van der Waals surface area contributed by atoms with Crippen molar-refractivity contribution >= 4 is 5.96 Å². The van der Waals surface area contributed by atoms with Gasteiger partial charge in [-0.25, -0.2) is 0 Å². The van der Waals surface area contributed by atoms with Crippen molar-refractivity contribution in [2.45, 2.75) is 33.4 Å². The number of benzene rings is 1. The largest absolute Gasteiger partial charge is 0.352 e. The third-order valence-corrected chi connectivity index (χ3v) is 3.15. The smallest absolute Gasteiger partial charge is 0.223 e. The second-order valence-electron chi connectivity index (χ2n) is 4.63. The zero-order valence-corrected chi connectivity index (χ0v) is 12.7. The summed E-state index contributed by atoms with van der Waals surface area (Å²) in [6.07, 6.45) is 1.02. The molecule has 0 unspecified atom stereocenters. The van der Waals surface area contributed by atoms with Crippen LogP contribution in [0, 0.1) is 6.92 Å². The van der Waals surface area contributed by atoms with E-state index in [1.165, 1.54) is 11.1 Å². The highest BCUT2D eigenvalue weighted by atomic mass is 16.5. The molecule has 6 nitrogen and oxygen atoms in total. The molecule has 0 aliphatic heterocycles. The number of aromatic nitrogens is 2. The van der Waals surface area contributed by atoms with Crippen molar-refractivity contribution in [1.29, 1.82) is 0 Å². The topological polar surface area (TPSA) is 75.3 Å². The van der Waals surface area contributed by atoms with Crippen LogP contribution in [0.1, 0.15) is 29.8 Å². The van der Waals surface area contributed by atoms with Gasteiger partial charge in [0, 0.05) is 20.5 Å². The third kappa shape index (κ3) is 4.30. The Bertz CT molecular complexity index is 606. The molecular formula is C15H21N5O. The molecule has 0 aliphatic carbocycles. The van der Waals surface area contributed by atoms with Gasteiger partial charge in [0.15, 0.2) is 11.8 Å². The Morgan fingerprint density at radius 1 is 1.19 bits per heavy atom. The first-order valence-electron chi connectivity index (χ1n) is 7.03. The average molecular weight is 287 g/mol. The number of nitrogens with zero attached hydrogens (tertiary/aromatic N) is 3. The van der Waals surface area contributed by atoms with Crippen molar-refractivity contribution in [3.63, 3.8) is 0 Å². The van der Waals surface area contributed by atoms with E-state index in [1.54, 1.807) is 14.0 Å². The Kier molecular flexibility index (Phi) is 5.31. The number of nitrogens with one attached hydrogen (secondary N) is 2. The monoisotopic (exact) mass is 287 g/mol. The minimum Gasteiger partial charge on any atom is -0.352 e. The Balaban J connectivity index is 1.88. The van der Waals surface area contributed by atoms with Gasteiger partial charge < -0.3 is 15.2 Å². The number of hydrogen-bond acceptors (Lipinski definition) is 4. The Morgan fingerprint density at radius 3 is 2.52 bits per heavy atom. The molecule has 0 spiro atoms. The second-order valence-corrected chi connectivity index (χ2v) is 4.63. The molecule has 112 valence electrons. The highest BCUT2D eigenvalue weighted by molar-refractivity contribution is 5.79. The fraction of sp³-hybridized carbons (Fsp3) is 0.400. The molecule has 0 radical (unpaired) electrons. The van der Waals surface area contributed by atoms with Crippen molar-refractivity contribution < 1.29 is 4.52 Å². The Morgan fingerprint density at radius 2 is 1.90 bits per heavy atom. The summed E-state index contributed by atoms with van der Waals surface area (Å²) < 4.78 is 4.93. The number of aliphatic imine (C=N–C) groups is 1. The molecule has 2 rings (SSSR count). The molecule has 2 aromatic rings. The summed E-state index contributed by atoms with van der Waals surface area (Å²) in [5, 5.41) is 10.3. The lowest BCUT2D eigenvalue weighted by atomic mass is 10.1. The standard InChI is InChI=1S/C15H21N5O/c1-4-12-7-5-6-8-13(12)9-17-15(16-3)18-10-14-19-11(2)21-20-14/h5-8H,4,9-10H2,1-3H3,(H2,16,17,18). The maximum atomic E-state index is 4.93. The molecule has 0 atom stereocenters. The van der Waals surface area contributed by atoms with Crippen LogP contribution in [0.15, 0.2) is 33.8 Å². The summed E-state index contributed by atoms with van der Waals surface area (Å²) in [6, 6.07) is 8.39. The summed E-state index contributed by atoms with van der Waals surface area (Å²) in [5.74, 6) is 1.89. The van der Waals surface area contributed by atoms with Crippen molar-refractivity contribution in [2.24, 2.45) is 4.99 Å². The van der Waals surface area contributed by atoms with Gasteiger partial charge in [-0.3, -0.25) is 4.99 Å². The molecule has 0 fully saturated rings. The first-order chi connectivity index (χ1) is 10.2. The van der Waals surface area contributed by atoms with E-state index >= 15 is 0 Å². The maximum Gasteiger partial charge on any atom is 0.223 e. The number of guanidine groups is 1. The summed E-state index contributed by atoms with van der Waals surface area (Å²) in [6.45, 7) is 5.14. The third-order valence-electron chi connectivity index (χ3n) is 3.15. The maximum absolute atomic E-state index is 4.93. The van der Waals surface area contributed by atoms with Gasteiger partial charge in [0.05, 0.1) is 6.54 Å². The molecule has 6 heteroatoms. The van der Waals surface area contributed by atoms with Gasteiger partial charge >= 0.3 is 0 Å². The van der Waals surface area contributed by atoms with Crippen molar-refractivity contribution in [1.82, 2.24) is 20.8 Å². The molecule has 1 aromatic heterocycles. The number of aryl methyl sites for hydroxylation is 2. The zero-order valence-electron chi connectivity index (χ0n) is 12.7. The van der Waals surface area contributed by atoms with Gasteiger partial charge in [0.25, 0.3) is 0 Å². The average Bonchev–Trinajstić information content (AvgIpc) is 2.93.